The summed E-state index contributed by atoms with van der Waals surface area (Å²) >= 11 is 0. The number of hydrogen-bond donors (Lipinski definition) is 3. The first-order chi connectivity index (χ1) is 11.4. The molecule has 0 radical (unpaired) electrons. The van der Waals surface area contributed by atoms with Crippen molar-refractivity contribution < 1.29 is 9.90 Å². The van der Waals surface area contributed by atoms with Crippen molar-refractivity contribution in [3.05, 3.63) is 35.4 Å². The number of carbonyl (C=O) groups is 1. The number of nitrogens with one attached hydrogen (secondary N) is 2. The van der Waals surface area contributed by atoms with Gasteiger partial charge in [0.1, 0.15) is 0 Å². The molecule has 2 amide bonds. The Hall–Kier alpha value is -1.59. The van der Waals surface area contributed by atoms with Crippen LogP contribution in [0.3, 0.4) is 0 Å². The highest BCUT2D eigenvalue weighted by molar-refractivity contribution is 5.73. The quantitative estimate of drug-likeness (QED) is 0.699. The first kappa shape index (κ1) is 18.7. The van der Waals surface area contributed by atoms with Gasteiger partial charge in [0, 0.05) is 32.7 Å². The van der Waals surface area contributed by atoms with Crippen LogP contribution in [0.25, 0.3) is 0 Å². The predicted octanol–water partition coefficient (Wildman–Crippen LogP) is 2.14. The highest BCUT2D eigenvalue weighted by Crippen LogP contribution is 2.19. The Labute approximate surface area is 145 Å². The number of amides is 2. The molecule has 134 valence electrons. The highest BCUT2D eigenvalue weighted by Gasteiger charge is 2.22. The maximum Gasteiger partial charge on any atom is 0.314 e. The van der Waals surface area contributed by atoms with Gasteiger partial charge in [-0.05, 0) is 29.4 Å². The van der Waals surface area contributed by atoms with E-state index in [4.69, 9.17) is 0 Å². The molecule has 2 rings (SSSR count). The van der Waals surface area contributed by atoms with E-state index in [0.717, 1.165) is 32.5 Å². The van der Waals surface area contributed by atoms with E-state index in [2.05, 4.69) is 39.8 Å². The van der Waals surface area contributed by atoms with Gasteiger partial charge in [0.25, 0.3) is 0 Å². The minimum atomic E-state index is -0.545. The molecule has 5 heteroatoms. The molecule has 1 aromatic carbocycles. The third-order valence-electron chi connectivity index (χ3n) is 4.60. The van der Waals surface area contributed by atoms with Gasteiger partial charge >= 0.3 is 6.03 Å². The third kappa shape index (κ3) is 5.80. The van der Waals surface area contributed by atoms with Crippen molar-refractivity contribution in [3.8, 4) is 0 Å². The second kappa shape index (κ2) is 8.49. The summed E-state index contributed by atoms with van der Waals surface area (Å²) in [7, 11) is 0. The molecular weight excluding hydrogens is 302 g/mol. The Kier molecular flexibility index (Phi) is 6.63. The first-order valence-corrected chi connectivity index (χ1v) is 8.85. The van der Waals surface area contributed by atoms with Crippen molar-refractivity contribution in [1.29, 1.82) is 0 Å². The van der Waals surface area contributed by atoms with Crippen LogP contribution < -0.4 is 10.6 Å². The summed E-state index contributed by atoms with van der Waals surface area (Å²) in [6.07, 6.45) is 1.49. The fraction of sp³-hybridized carbons (Fsp3) is 0.632. The van der Waals surface area contributed by atoms with Crippen molar-refractivity contribution in [3.63, 3.8) is 0 Å². The molecular formula is C19H31N3O2. The van der Waals surface area contributed by atoms with E-state index in [1.54, 1.807) is 0 Å². The van der Waals surface area contributed by atoms with Crippen molar-refractivity contribution >= 4 is 6.03 Å². The second-order valence-electron chi connectivity index (χ2n) is 7.67. The number of hydrogen-bond acceptors (Lipinski definition) is 3. The molecule has 24 heavy (non-hydrogen) atoms. The van der Waals surface area contributed by atoms with Gasteiger partial charge in [-0.15, -0.1) is 0 Å². The predicted molar refractivity (Wildman–Crippen MR) is 96.9 cm³/mol. The zero-order valence-electron chi connectivity index (χ0n) is 15.1. The minimum absolute atomic E-state index is 0.206. The van der Waals surface area contributed by atoms with E-state index in [0.29, 0.717) is 6.54 Å². The van der Waals surface area contributed by atoms with Gasteiger partial charge in [-0.25, -0.2) is 4.79 Å². The number of rotatable bonds is 6. The monoisotopic (exact) mass is 333 g/mol. The maximum absolute atomic E-state index is 11.7. The van der Waals surface area contributed by atoms with Crippen LogP contribution in [0.5, 0.6) is 0 Å². The Morgan fingerprint density at radius 3 is 2.67 bits per heavy atom. The van der Waals surface area contributed by atoms with Crippen LogP contribution in [0, 0.1) is 5.41 Å². The van der Waals surface area contributed by atoms with E-state index in [9.17, 15) is 9.90 Å². The summed E-state index contributed by atoms with van der Waals surface area (Å²) in [5, 5.41) is 15.5. The summed E-state index contributed by atoms with van der Waals surface area (Å²) in [5.74, 6) is 0. The normalized spacial score (nSPS) is 16.3. The Morgan fingerprint density at radius 2 is 1.96 bits per heavy atom. The number of urea groups is 1. The molecule has 0 aromatic heterocycles. The lowest BCUT2D eigenvalue weighted by Crippen LogP contribution is -2.44. The summed E-state index contributed by atoms with van der Waals surface area (Å²) in [6, 6.07) is 8.41. The number of fused-ring (bicyclic) bond motifs is 1. The Balaban J connectivity index is 1.59. The molecule has 1 aromatic rings. The van der Waals surface area contributed by atoms with Crippen LogP contribution in [-0.4, -0.2) is 48.3 Å². The second-order valence-corrected chi connectivity index (χ2v) is 7.67. The van der Waals surface area contributed by atoms with Crippen molar-refractivity contribution in [2.45, 2.75) is 46.3 Å². The van der Waals surface area contributed by atoms with Crippen molar-refractivity contribution in [2.24, 2.45) is 5.41 Å². The van der Waals surface area contributed by atoms with Gasteiger partial charge in [-0.3, -0.25) is 4.90 Å². The van der Waals surface area contributed by atoms with E-state index in [1.165, 1.54) is 11.1 Å². The fourth-order valence-corrected chi connectivity index (χ4v) is 2.81. The summed E-state index contributed by atoms with van der Waals surface area (Å²) in [4.78, 5) is 14.2. The summed E-state index contributed by atoms with van der Waals surface area (Å²) < 4.78 is 0. The molecule has 0 saturated carbocycles. The first-order valence-electron chi connectivity index (χ1n) is 8.85. The minimum Gasteiger partial charge on any atom is -0.391 e. The van der Waals surface area contributed by atoms with Gasteiger partial charge in [-0.2, -0.15) is 0 Å². The highest BCUT2D eigenvalue weighted by atomic mass is 16.3. The van der Waals surface area contributed by atoms with Crippen molar-refractivity contribution in [2.75, 3.05) is 26.2 Å². The molecule has 1 heterocycles. The molecule has 5 nitrogen and oxygen atoms in total. The third-order valence-corrected chi connectivity index (χ3v) is 4.60. The molecule has 1 unspecified atom stereocenters. The van der Waals surface area contributed by atoms with Gasteiger partial charge in [0.05, 0.1) is 6.10 Å². The van der Waals surface area contributed by atoms with E-state index < -0.39 is 6.10 Å². The van der Waals surface area contributed by atoms with Crippen LogP contribution in [0.2, 0.25) is 0 Å². The average molecular weight is 333 g/mol. The molecule has 0 fully saturated rings. The Bertz CT molecular complexity index is 540. The number of nitrogens with zero attached hydrogens (tertiary/aromatic N) is 1. The number of aliphatic hydroxyl groups excluding tert-OH is 1. The van der Waals surface area contributed by atoms with E-state index in [1.807, 2.05) is 20.8 Å². The van der Waals surface area contributed by atoms with Gasteiger partial charge in [0.15, 0.2) is 0 Å². The van der Waals surface area contributed by atoms with Gasteiger partial charge in [-0.1, -0.05) is 45.0 Å². The van der Waals surface area contributed by atoms with Crippen LogP contribution in [-0.2, 0) is 13.0 Å². The van der Waals surface area contributed by atoms with Gasteiger partial charge < -0.3 is 15.7 Å². The standard InChI is InChI=1S/C19H31N3O2/c1-19(2,3)17(23)13-21-18(24)20-10-6-11-22-12-9-15-7-4-5-8-16(15)14-22/h4-5,7-8,17,23H,6,9-14H2,1-3H3,(H2,20,21,24). The van der Waals surface area contributed by atoms with Gasteiger partial charge in [0.2, 0.25) is 0 Å². The lowest BCUT2D eigenvalue weighted by molar-refractivity contribution is 0.0650. The van der Waals surface area contributed by atoms with Crippen LogP contribution >= 0.6 is 0 Å². The SMILES string of the molecule is CC(C)(C)C(O)CNC(=O)NCCCN1CCc2ccccc2C1. The molecule has 0 saturated heterocycles. The topological polar surface area (TPSA) is 64.6 Å². The smallest absolute Gasteiger partial charge is 0.314 e. The maximum atomic E-state index is 11.7. The van der Waals surface area contributed by atoms with E-state index in [-0.39, 0.29) is 18.0 Å². The molecule has 0 aliphatic carbocycles. The zero-order chi connectivity index (χ0) is 17.6. The summed E-state index contributed by atoms with van der Waals surface area (Å²) in [6.45, 7) is 9.85. The molecule has 1 aliphatic rings. The molecule has 1 atom stereocenters. The lowest BCUT2D eigenvalue weighted by atomic mass is 9.89. The van der Waals surface area contributed by atoms with Crippen LogP contribution in [0.1, 0.15) is 38.3 Å². The largest absolute Gasteiger partial charge is 0.391 e. The zero-order valence-corrected chi connectivity index (χ0v) is 15.1. The number of aliphatic hydroxyl groups is 1. The van der Waals surface area contributed by atoms with Crippen LogP contribution in [0.4, 0.5) is 4.79 Å². The average Bonchev–Trinajstić information content (AvgIpc) is 2.55. The number of benzene rings is 1. The number of carbonyl (C=O) groups excluding carboxylic acids is 1. The fourth-order valence-electron chi connectivity index (χ4n) is 2.81. The molecule has 0 spiro atoms. The molecule has 3 N–H and O–H groups in total. The van der Waals surface area contributed by atoms with Crippen LogP contribution in [0.15, 0.2) is 24.3 Å². The van der Waals surface area contributed by atoms with Crippen molar-refractivity contribution in [1.82, 2.24) is 15.5 Å². The Morgan fingerprint density at radius 1 is 1.25 bits per heavy atom. The molecule has 1 aliphatic heterocycles. The van der Waals surface area contributed by atoms with E-state index >= 15 is 0 Å². The molecule has 0 bridgehead atoms. The summed E-state index contributed by atoms with van der Waals surface area (Å²) in [5.41, 5.74) is 2.66. The lowest BCUT2D eigenvalue weighted by Gasteiger charge is -2.28.